The third-order valence-electron chi connectivity index (χ3n) is 6.66. The van der Waals surface area contributed by atoms with Gasteiger partial charge in [-0.15, -0.1) is 0 Å². The van der Waals surface area contributed by atoms with Gasteiger partial charge in [-0.3, -0.25) is 9.36 Å². The normalized spacial score (nSPS) is 15.1. The van der Waals surface area contributed by atoms with Crippen LogP contribution in [0, 0.1) is 0 Å². The van der Waals surface area contributed by atoms with E-state index < -0.39 is 18.1 Å². The summed E-state index contributed by atoms with van der Waals surface area (Å²) in [5.74, 6) is -0.247. The van der Waals surface area contributed by atoms with Crippen LogP contribution in [0.15, 0.2) is 79.0 Å². The van der Waals surface area contributed by atoms with Crippen molar-refractivity contribution in [1.29, 1.82) is 0 Å². The average molecular weight is 497 g/mol. The number of urea groups is 1. The first-order valence-electron chi connectivity index (χ1n) is 12.1. The minimum atomic E-state index is -0.646. The average Bonchev–Trinajstić information content (AvgIpc) is 3.55. The van der Waals surface area contributed by atoms with E-state index in [0.29, 0.717) is 48.2 Å². The van der Waals surface area contributed by atoms with E-state index in [1.165, 1.54) is 15.7 Å². The number of nitrogens with zero attached hydrogens (tertiary/aromatic N) is 2. The molecule has 1 atom stereocenters. The van der Waals surface area contributed by atoms with Gasteiger partial charge in [0.2, 0.25) is 5.91 Å². The summed E-state index contributed by atoms with van der Waals surface area (Å²) in [6, 6.07) is 21.1. The Balaban J connectivity index is 1.30. The highest BCUT2D eigenvalue weighted by Gasteiger charge is 2.34. The van der Waals surface area contributed by atoms with E-state index in [2.05, 4.69) is 10.6 Å². The second-order valence-corrected chi connectivity index (χ2v) is 9.02. The predicted octanol–water partition coefficient (Wildman–Crippen LogP) is 4.33. The molecule has 9 heteroatoms. The molecule has 1 aliphatic heterocycles. The van der Waals surface area contributed by atoms with Crippen LogP contribution in [0.1, 0.15) is 18.4 Å². The zero-order valence-electron chi connectivity index (χ0n) is 20.2. The van der Waals surface area contributed by atoms with Gasteiger partial charge in [0.05, 0.1) is 11.2 Å². The van der Waals surface area contributed by atoms with Crippen molar-refractivity contribution in [3.63, 3.8) is 0 Å². The van der Waals surface area contributed by atoms with Crippen molar-refractivity contribution in [2.75, 3.05) is 17.2 Å². The van der Waals surface area contributed by atoms with Crippen molar-refractivity contribution in [3.05, 3.63) is 84.6 Å². The van der Waals surface area contributed by atoms with Gasteiger partial charge in [-0.1, -0.05) is 54.6 Å². The van der Waals surface area contributed by atoms with Gasteiger partial charge in [0.25, 0.3) is 0 Å². The fourth-order valence-corrected chi connectivity index (χ4v) is 4.77. The summed E-state index contributed by atoms with van der Waals surface area (Å²) < 4.78 is 1.29. The Morgan fingerprint density at radius 1 is 0.919 bits per heavy atom. The third-order valence-corrected chi connectivity index (χ3v) is 6.66. The summed E-state index contributed by atoms with van der Waals surface area (Å²) in [7, 11) is 0. The summed E-state index contributed by atoms with van der Waals surface area (Å²) in [6.45, 7) is 0.931. The SMILES string of the molecule is NCc1ccc(-c2cccc(NC(=O)[C@@H]3CCCN3C(=O)Nc3cn(C(N)=O)c4ccccc34)c2)cc1. The number of hydrogen-bond donors (Lipinski definition) is 4. The first kappa shape index (κ1) is 24.1. The molecule has 0 aliphatic carbocycles. The van der Waals surface area contributed by atoms with Gasteiger partial charge in [0, 0.05) is 30.4 Å². The number of fused-ring (bicyclic) bond motifs is 1. The van der Waals surface area contributed by atoms with Crippen molar-refractivity contribution in [3.8, 4) is 11.1 Å². The van der Waals surface area contributed by atoms with E-state index in [9.17, 15) is 14.4 Å². The molecule has 0 saturated carbocycles. The molecule has 4 amide bonds. The molecule has 1 fully saturated rings. The van der Waals surface area contributed by atoms with E-state index in [4.69, 9.17) is 11.5 Å². The van der Waals surface area contributed by atoms with E-state index in [-0.39, 0.29) is 5.91 Å². The van der Waals surface area contributed by atoms with Crippen LogP contribution in [0.2, 0.25) is 0 Å². The molecule has 0 radical (unpaired) electrons. The summed E-state index contributed by atoms with van der Waals surface area (Å²) in [4.78, 5) is 39.8. The topological polar surface area (TPSA) is 135 Å². The van der Waals surface area contributed by atoms with Crippen molar-refractivity contribution in [2.45, 2.75) is 25.4 Å². The van der Waals surface area contributed by atoms with Gasteiger partial charge in [-0.25, -0.2) is 9.59 Å². The molecule has 1 aromatic heterocycles. The fourth-order valence-electron chi connectivity index (χ4n) is 4.77. The van der Waals surface area contributed by atoms with E-state index in [1.54, 1.807) is 18.2 Å². The Morgan fingerprint density at radius 2 is 1.70 bits per heavy atom. The number of carbonyl (C=O) groups excluding carboxylic acids is 3. The van der Waals surface area contributed by atoms with E-state index >= 15 is 0 Å². The molecular weight excluding hydrogens is 468 g/mol. The molecular formula is C28H28N6O3. The molecule has 9 nitrogen and oxygen atoms in total. The number of nitrogens with two attached hydrogens (primary N) is 2. The van der Waals surface area contributed by atoms with Gasteiger partial charge in [-0.05, 0) is 47.7 Å². The van der Waals surface area contributed by atoms with Crippen molar-refractivity contribution in [1.82, 2.24) is 9.47 Å². The second-order valence-electron chi connectivity index (χ2n) is 9.02. The summed E-state index contributed by atoms with van der Waals surface area (Å²) in [6.07, 6.45) is 2.77. The number of anilines is 2. The zero-order valence-corrected chi connectivity index (χ0v) is 20.2. The van der Waals surface area contributed by atoms with E-state index in [1.807, 2.05) is 54.6 Å². The molecule has 4 aromatic rings. The van der Waals surface area contributed by atoms with Crippen molar-refractivity contribution < 1.29 is 14.4 Å². The van der Waals surface area contributed by atoms with Gasteiger partial charge in [0.15, 0.2) is 0 Å². The van der Waals surface area contributed by atoms with Crippen LogP contribution in [0.5, 0.6) is 0 Å². The van der Waals surface area contributed by atoms with Crippen LogP contribution >= 0.6 is 0 Å². The van der Waals surface area contributed by atoms with Gasteiger partial charge in [-0.2, -0.15) is 0 Å². The molecule has 0 bridgehead atoms. The Hall–Kier alpha value is -4.63. The maximum Gasteiger partial charge on any atom is 0.323 e. The first-order chi connectivity index (χ1) is 17.9. The maximum atomic E-state index is 13.2. The monoisotopic (exact) mass is 496 g/mol. The molecule has 0 spiro atoms. The van der Waals surface area contributed by atoms with Crippen LogP contribution in [0.4, 0.5) is 21.0 Å². The number of amides is 4. The largest absolute Gasteiger partial charge is 0.351 e. The number of nitrogens with one attached hydrogen (secondary N) is 2. The van der Waals surface area contributed by atoms with Crippen LogP contribution in [0.25, 0.3) is 22.0 Å². The van der Waals surface area contributed by atoms with Crippen LogP contribution in [0.3, 0.4) is 0 Å². The van der Waals surface area contributed by atoms with Crippen molar-refractivity contribution in [2.24, 2.45) is 11.5 Å². The third kappa shape index (κ3) is 4.89. The standard InChI is InChI=1S/C28H28N6O3/c29-16-18-10-12-19(13-11-18)20-5-3-6-21(15-20)31-26(35)25-9-4-14-33(25)28(37)32-23-17-34(27(30)36)24-8-2-1-7-22(23)24/h1-3,5-8,10-13,15,17,25H,4,9,14,16,29H2,(H2,30,36)(H,31,35)(H,32,37)/t25-/m0/s1. The molecule has 37 heavy (non-hydrogen) atoms. The molecule has 188 valence electrons. The van der Waals surface area contributed by atoms with Gasteiger partial charge in [0.1, 0.15) is 6.04 Å². The number of primary amides is 1. The molecule has 3 aromatic carbocycles. The lowest BCUT2D eigenvalue weighted by Gasteiger charge is -2.24. The van der Waals surface area contributed by atoms with Crippen LogP contribution < -0.4 is 22.1 Å². The van der Waals surface area contributed by atoms with E-state index in [0.717, 1.165) is 16.7 Å². The number of rotatable bonds is 5. The molecule has 1 saturated heterocycles. The summed E-state index contributed by atoms with van der Waals surface area (Å²) >= 11 is 0. The zero-order chi connectivity index (χ0) is 25.9. The lowest BCUT2D eigenvalue weighted by Crippen LogP contribution is -2.45. The molecule has 0 unspecified atom stereocenters. The quantitative estimate of drug-likeness (QED) is 0.327. The van der Waals surface area contributed by atoms with Gasteiger partial charge >= 0.3 is 12.1 Å². The Bertz CT molecular complexity index is 1480. The van der Waals surface area contributed by atoms with Crippen LogP contribution in [-0.4, -0.2) is 40.0 Å². The Morgan fingerprint density at radius 3 is 2.46 bits per heavy atom. The Labute approximate surface area is 214 Å². The predicted molar refractivity (Wildman–Crippen MR) is 144 cm³/mol. The molecule has 1 aliphatic rings. The lowest BCUT2D eigenvalue weighted by atomic mass is 10.0. The lowest BCUT2D eigenvalue weighted by molar-refractivity contribution is -0.119. The molecule has 2 heterocycles. The number of benzene rings is 3. The summed E-state index contributed by atoms with van der Waals surface area (Å²) in [5, 5.41) is 6.51. The van der Waals surface area contributed by atoms with Gasteiger partial charge < -0.3 is 27.0 Å². The maximum absolute atomic E-state index is 13.2. The minimum Gasteiger partial charge on any atom is -0.351 e. The highest BCUT2D eigenvalue weighted by Crippen LogP contribution is 2.28. The molecule has 5 rings (SSSR count). The highest BCUT2D eigenvalue weighted by molar-refractivity contribution is 6.06. The minimum absolute atomic E-state index is 0.247. The molecule has 6 N–H and O–H groups in total. The van der Waals surface area contributed by atoms with Crippen LogP contribution in [-0.2, 0) is 11.3 Å². The number of aromatic nitrogens is 1. The van der Waals surface area contributed by atoms with Crippen molar-refractivity contribution >= 4 is 40.2 Å². The fraction of sp³-hybridized carbons (Fsp3) is 0.179. The first-order valence-corrected chi connectivity index (χ1v) is 12.1. The second kappa shape index (κ2) is 10.2. The number of likely N-dealkylation sites (tertiary alicyclic amines) is 1. The number of hydrogen-bond acceptors (Lipinski definition) is 4. The number of carbonyl (C=O) groups is 3. The highest BCUT2D eigenvalue weighted by atomic mass is 16.2. The Kier molecular flexibility index (Phi) is 6.61. The smallest absolute Gasteiger partial charge is 0.323 e. The summed E-state index contributed by atoms with van der Waals surface area (Å²) in [5.41, 5.74) is 15.9. The number of para-hydroxylation sites is 1.